The van der Waals surface area contributed by atoms with E-state index in [4.69, 9.17) is 10.5 Å². The third-order valence-corrected chi connectivity index (χ3v) is 4.53. The number of aliphatic hydroxyl groups is 1. The summed E-state index contributed by atoms with van der Waals surface area (Å²) in [5.41, 5.74) is 5.93. The van der Waals surface area contributed by atoms with Crippen LogP contribution in [0.15, 0.2) is 43.0 Å². The highest BCUT2D eigenvalue weighted by atomic mass is 16.5. The maximum atomic E-state index is 12.6. The van der Waals surface area contributed by atoms with Crippen molar-refractivity contribution in [2.24, 2.45) is 5.73 Å². The number of carbonyl (C=O) groups is 1. The molecule has 1 fully saturated rings. The Balaban J connectivity index is 1.66. The summed E-state index contributed by atoms with van der Waals surface area (Å²) < 4.78 is 7.37. The molecule has 0 aliphatic heterocycles. The highest BCUT2D eigenvalue weighted by molar-refractivity contribution is 5.94. The van der Waals surface area contributed by atoms with Crippen LogP contribution in [0.4, 0.5) is 0 Å². The Bertz CT molecular complexity index is 689. The monoisotopic (exact) mass is 344 g/mol. The Hall–Kier alpha value is -2.38. The zero-order chi connectivity index (χ0) is 17.6. The molecular weight excluding hydrogens is 320 g/mol. The average molecular weight is 344 g/mol. The number of nitrogens with one attached hydrogen (secondary N) is 1. The van der Waals surface area contributed by atoms with Crippen molar-refractivity contribution in [2.45, 2.75) is 37.5 Å². The van der Waals surface area contributed by atoms with Crippen LogP contribution in [0.2, 0.25) is 0 Å². The molecule has 3 atom stereocenters. The third kappa shape index (κ3) is 4.18. The Kier molecular flexibility index (Phi) is 5.67. The van der Waals surface area contributed by atoms with Crippen LogP contribution in [0, 0.1) is 0 Å². The second-order valence-electron chi connectivity index (χ2n) is 6.24. The SMILES string of the molecule is NCCOc1cccc(C(=O)N[C@@H]2CCC[C@@H](n3ccnc3)[C@@H]2O)c1. The Labute approximate surface area is 146 Å². The van der Waals surface area contributed by atoms with Crippen LogP contribution < -0.4 is 15.8 Å². The van der Waals surface area contributed by atoms with Crippen LogP contribution in [0.5, 0.6) is 5.75 Å². The normalized spacial score (nSPS) is 23.2. The molecule has 0 spiro atoms. The van der Waals surface area contributed by atoms with E-state index in [0.29, 0.717) is 24.5 Å². The second-order valence-corrected chi connectivity index (χ2v) is 6.24. The van der Waals surface area contributed by atoms with Gasteiger partial charge in [-0.3, -0.25) is 4.79 Å². The molecule has 3 rings (SSSR count). The summed E-state index contributed by atoms with van der Waals surface area (Å²) in [7, 11) is 0. The number of nitrogens with zero attached hydrogens (tertiary/aromatic N) is 2. The molecule has 1 aromatic carbocycles. The number of carbonyl (C=O) groups excluding carboxylic acids is 1. The van der Waals surface area contributed by atoms with Crippen LogP contribution >= 0.6 is 0 Å². The topological polar surface area (TPSA) is 102 Å². The first-order valence-electron chi connectivity index (χ1n) is 8.58. The molecule has 0 radical (unpaired) electrons. The van der Waals surface area contributed by atoms with E-state index in [1.807, 2.05) is 10.8 Å². The number of rotatable bonds is 6. The molecule has 1 aliphatic carbocycles. The van der Waals surface area contributed by atoms with Crippen LogP contribution in [-0.2, 0) is 0 Å². The zero-order valence-electron chi connectivity index (χ0n) is 14.0. The fraction of sp³-hybridized carbons (Fsp3) is 0.444. The molecule has 2 aromatic rings. The summed E-state index contributed by atoms with van der Waals surface area (Å²) in [4.78, 5) is 16.6. The summed E-state index contributed by atoms with van der Waals surface area (Å²) in [6, 6.07) is 6.62. The molecule has 0 unspecified atom stereocenters. The van der Waals surface area contributed by atoms with Gasteiger partial charge in [-0.15, -0.1) is 0 Å². The van der Waals surface area contributed by atoms with E-state index < -0.39 is 6.10 Å². The minimum Gasteiger partial charge on any atom is -0.492 e. The van der Waals surface area contributed by atoms with Crippen molar-refractivity contribution in [2.75, 3.05) is 13.2 Å². The van der Waals surface area contributed by atoms with E-state index in [-0.39, 0.29) is 18.0 Å². The number of aliphatic hydroxyl groups excluding tert-OH is 1. The van der Waals surface area contributed by atoms with Gasteiger partial charge in [-0.25, -0.2) is 4.98 Å². The molecule has 1 aromatic heterocycles. The van der Waals surface area contributed by atoms with Gasteiger partial charge in [0.05, 0.1) is 24.5 Å². The molecule has 1 saturated carbocycles. The first-order valence-corrected chi connectivity index (χ1v) is 8.58. The van der Waals surface area contributed by atoms with Crippen molar-refractivity contribution in [3.8, 4) is 5.75 Å². The standard InChI is InChI=1S/C18H24N4O3/c19-7-10-25-14-4-1-3-13(11-14)18(24)21-15-5-2-6-16(17(15)23)22-9-8-20-12-22/h1,3-4,8-9,11-12,15-17,23H,2,5-7,10,19H2,(H,21,24)/t15-,16-,17-/m1/s1. The van der Waals surface area contributed by atoms with Crippen LogP contribution in [0.1, 0.15) is 35.7 Å². The number of hydrogen-bond donors (Lipinski definition) is 3. The summed E-state index contributed by atoms with van der Waals surface area (Å²) in [5, 5.41) is 13.6. The number of imidazole rings is 1. The summed E-state index contributed by atoms with van der Waals surface area (Å²) in [6.45, 7) is 0.819. The van der Waals surface area contributed by atoms with E-state index in [9.17, 15) is 9.90 Å². The lowest BCUT2D eigenvalue weighted by Crippen LogP contribution is -2.49. The molecule has 4 N–H and O–H groups in total. The first-order chi connectivity index (χ1) is 12.2. The lowest BCUT2D eigenvalue weighted by Gasteiger charge is -2.35. The number of nitrogens with two attached hydrogens (primary N) is 1. The van der Waals surface area contributed by atoms with Crippen LogP contribution in [0.3, 0.4) is 0 Å². The largest absolute Gasteiger partial charge is 0.492 e. The Morgan fingerprint density at radius 3 is 3.08 bits per heavy atom. The quantitative estimate of drug-likeness (QED) is 0.728. The highest BCUT2D eigenvalue weighted by Gasteiger charge is 2.33. The maximum Gasteiger partial charge on any atom is 0.251 e. The van der Waals surface area contributed by atoms with Gasteiger partial charge in [-0.2, -0.15) is 0 Å². The summed E-state index contributed by atoms with van der Waals surface area (Å²) in [5.74, 6) is 0.395. The predicted molar refractivity (Wildman–Crippen MR) is 93.4 cm³/mol. The smallest absolute Gasteiger partial charge is 0.251 e. The minimum atomic E-state index is -0.649. The molecule has 0 saturated heterocycles. The van der Waals surface area contributed by atoms with Gasteiger partial charge in [-0.05, 0) is 37.5 Å². The van der Waals surface area contributed by atoms with Crippen LogP contribution in [0.25, 0.3) is 0 Å². The van der Waals surface area contributed by atoms with Gasteiger partial charge in [-0.1, -0.05) is 6.07 Å². The van der Waals surface area contributed by atoms with Gasteiger partial charge in [0.15, 0.2) is 0 Å². The van der Waals surface area contributed by atoms with E-state index in [2.05, 4.69) is 10.3 Å². The van der Waals surface area contributed by atoms with Crippen molar-refractivity contribution in [3.05, 3.63) is 48.5 Å². The van der Waals surface area contributed by atoms with Gasteiger partial charge in [0.1, 0.15) is 12.4 Å². The average Bonchev–Trinajstić information content (AvgIpc) is 3.16. The highest BCUT2D eigenvalue weighted by Crippen LogP contribution is 2.29. The number of amides is 1. The first kappa shape index (κ1) is 17.4. The second kappa shape index (κ2) is 8.13. The number of aromatic nitrogens is 2. The van der Waals surface area contributed by atoms with Crippen molar-refractivity contribution in [1.29, 1.82) is 0 Å². The number of benzene rings is 1. The molecule has 1 aliphatic rings. The number of hydrogen-bond acceptors (Lipinski definition) is 5. The summed E-state index contributed by atoms with van der Waals surface area (Å²) in [6.07, 6.45) is 7.15. The van der Waals surface area contributed by atoms with Crippen LogP contribution in [-0.4, -0.2) is 45.9 Å². The van der Waals surface area contributed by atoms with E-state index >= 15 is 0 Å². The fourth-order valence-electron chi connectivity index (χ4n) is 3.26. The van der Waals surface area contributed by atoms with Crippen molar-refractivity contribution in [1.82, 2.24) is 14.9 Å². The number of ether oxygens (including phenoxy) is 1. The van der Waals surface area contributed by atoms with Gasteiger partial charge in [0, 0.05) is 24.5 Å². The van der Waals surface area contributed by atoms with Gasteiger partial charge < -0.3 is 25.5 Å². The maximum absolute atomic E-state index is 12.6. The Morgan fingerprint density at radius 1 is 1.44 bits per heavy atom. The molecule has 25 heavy (non-hydrogen) atoms. The van der Waals surface area contributed by atoms with Crippen molar-refractivity contribution >= 4 is 5.91 Å². The predicted octanol–water partition coefficient (Wildman–Crippen LogP) is 1.11. The van der Waals surface area contributed by atoms with Crippen molar-refractivity contribution in [3.63, 3.8) is 0 Å². The third-order valence-electron chi connectivity index (χ3n) is 4.53. The zero-order valence-corrected chi connectivity index (χ0v) is 14.0. The molecule has 0 bridgehead atoms. The fourth-order valence-corrected chi connectivity index (χ4v) is 3.26. The van der Waals surface area contributed by atoms with E-state index in [1.165, 1.54) is 0 Å². The Morgan fingerprint density at radius 2 is 2.32 bits per heavy atom. The molecule has 134 valence electrons. The molecule has 1 amide bonds. The molecular formula is C18H24N4O3. The van der Waals surface area contributed by atoms with Gasteiger partial charge in [0.2, 0.25) is 0 Å². The van der Waals surface area contributed by atoms with Crippen molar-refractivity contribution < 1.29 is 14.6 Å². The van der Waals surface area contributed by atoms with E-state index in [1.54, 1.807) is 36.8 Å². The summed E-state index contributed by atoms with van der Waals surface area (Å²) >= 11 is 0. The molecule has 7 nitrogen and oxygen atoms in total. The van der Waals surface area contributed by atoms with E-state index in [0.717, 1.165) is 19.3 Å². The molecule has 1 heterocycles. The lowest BCUT2D eigenvalue weighted by molar-refractivity contribution is 0.0399. The molecule has 7 heteroatoms. The van der Waals surface area contributed by atoms with Gasteiger partial charge >= 0.3 is 0 Å². The van der Waals surface area contributed by atoms with Gasteiger partial charge in [0.25, 0.3) is 5.91 Å². The minimum absolute atomic E-state index is 0.0687. The lowest BCUT2D eigenvalue weighted by atomic mass is 9.87.